The summed E-state index contributed by atoms with van der Waals surface area (Å²) < 4.78 is 11.1. The monoisotopic (exact) mass is 297 g/mol. The fraction of sp³-hybridized carbons (Fsp3) is 1.00. The van der Waals surface area contributed by atoms with Gasteiger partial charge in [0, 0.05) is 19.2 Å². The second-order valence-corrected chi connectivity index (χ2v) is 7.36. The van der Waals surface area contributed by atoms with Crippen molar-refractivity contribution in [2.45, 2.75) is 63.7 Å². The van der Waals surface area contributed by atoms with Gasteiger partial charge in [0.15, 0.2) is 0 Å². The summed E-state index contributed by atoms with van der Waals surface area (Å²) in [7, 11) is 0. The van der Waals surface area contributed by atoms with E-state index in [4.69, 9.17) is 9.47 Å². The van der Waals surface area contributed by atoms with E-state index in [9.17, 15) is 5.11 Å². The number of rotatable bonds is 8. The van der Waals surface area contributed by atoms with Gasteiger partial charge < -0.3 is 19.9 Å². The van der Waals surface area contributed by atoms with Crippen LogP contribution in [0, 0.1) is 17.8 Å². The van der Waals surface area contributed by atoms with E-state index < -0.39 is 6.10 Å². The van der Waals surface area contributed by atoms with Crippen LogP contribution in [0.3, 0.4) is 0 Å². The van der Waals surface area contributed by atoms with Gasteiger partial charge in [0.1, 0.15) is 0 Å². The van der Waals surface area contributed by atoms with Crippen LogP contribution in [0.15, 0.2) is 0 Å². The molecule has 6 unspecified atom stereocenters. The Morgan fingerprint density at radius 2 is 2.19 bits per heavy atom. The Morgan fingerprint density at radius 1 is 1.29 bits per heavy atom. The van der Waals surface area contributed by atoms with E-state index in [0.717, 1.165) is 37.2 Å². The summed E-state index contributed by atoms with van der Waals surface area (Å²) in [5, 5.41) is 13.5. The zero-order chi connectivity index (χ0) is 14.7. The van der Waals surface area contributed by atoms with E-state index in [1.165, 1.54) is 25.7 Å². The molecule has 0 aromatic heterocycles. The first-order valence-corrected chi connectivity index (χ1v) is 8.83. The summed E-state index contributed by atoms with van der Waals surface area (Å²) in [6.45, 7) is 4.82. The van der Waals surface area contributed by atoms with Gasteiger partial charge in [-0.05, 0) is 56.8 Å². The topological polar surface area (TPSA) is 50.7 Å². The molecule has 0 spiro atoms. The number of hydrogen-bond acceptors (Lipinski definition) is 4. The van der Waals surface area contributed by atoms with Crippen molar-refractivity contribution in [2.24, 2.45) is 17.8 Å². The lowest BCUT2D eigenvalue weighted by Gasteiger charge is -2.29. The van der Waals surface area contributed by atoms with Crippen LogP contribution in [-0.2, 0) is 9.47 Å². The minimum absolute atomic E-state index is 0.248. The fourth-order valence-electron chi connectivity index (χ4n) is 4.55. The van der Waals surface area contributed by atoms with E-state index in [0.29, 0.717) is 25.8 Å². The van der Waals surface area contributed by atoms with Crippen LogP contribution >= 0.6 is 0 Å². The van der Waals surface area contributed by atoms with Gasteiger partial charge in [0.2, 0.25) is 0 Å². The van der Waals surface area contributed by atoms with Crippen molar-refractivity contribution in [3.8, 4) is 0 Å². The van der Waals surface area contributed by atoms with Crippen molar-refractivity contribution in [1.29, 1.82) is 0 Å². The highest BCUT2D eigenvalue weighted by Crippen LogP contribution is 2.49. The Labute approximate surface area is 128 Å². The smallest absolute Gasteiger partial charge is 0.0897 e. The van der Waals surface area contributed by atoms with Gasteiger partial charge in [-0.25, -0.2) is 0 Å². The Morgan fingerprint density at radius 3 is 2.86 bits per heavy atom. The molecular weight excluding hydrogens is 266 g/mol. The molecule has 4 heteroatoms. The molecule has 3 aliphatic rings. The molecule has 2 aliphatic carbocycles. The molecule has 2 N–H and O–H groups in total. The SMILES string of the molecule is CC(NCC(O)COCC1CCCO1)C1CC2CCC1C2. The maximum atomic E-state index is 10.0. The molecule has 6 atom stereocenters. The molecule has 1 saturated heterocycles. The Hall–Kier alpha value is -0.160. The summed E-state index contributed by atoms with van der Waals surface area (Å²) in [6.07, 6.45) is 7.79. The van der Waals surface area contributed by atoms with E-state index in [-0.39, 0.29) is 6.10 Å². The second kappa shape index (κ2) is 7.40. The molecule has 122 valence electrons. The Balaban J connectivity index is 1.27. The van der Waals surface area contributed by atoms with E-state index >= 15 is 0 Å². The van der Waals surface area contributed by atoms with Crippen LogP contribution in [0.4, 0.5) is 0 Å². The third kappa shape index (κ3) is 4.19. The average Bonchev–Trinajstić information content (AvgIpc) is 3.21. The van der Waals surface area contributed by atoms with Gasteiger partial charge in [0.25, 0.3) is 0 Å². The van der Waals surface area contributed by atoms with Crippen LogP contribution in [0.5, 0.6) is 0 Å². The highest BCUT2D eigenvalue weighted by Gasteiger charge is 2.41. The standard InChI is InChI=1S/C17H31NO3/c1-12(17-8-13-4-5-14(17)7-13)18-9-15(19)10-20-11-16-3-2-6-21-16/h12-19H,2-11H2,1H3. The largest absolute Gasteiger partial charge is 0.389 e. The van der Waals surface area contributed by atoms with E-state index in [1.54, 1.807) is 0 Å². The quantitative estimate of drug-likeness (QED) is 0.719. The summed E-state index contributed by atoms with van der Waals surface area (Å²) >= 11 is 0. The highest BCUT2D eigenvalue weighted by molar-refractivity contribution is 4.94. The Bertz CT molecular complexity index is 319. The first-order valence-electron chi connectivity index (χ1n) is 8.83. The summed E-state index contributed by atoms with van der Waals surface area (Å²) in [4.78, 5) is 0. The molecule has 3 fully saturated rings. The van der Waals surface area contributed by atoms with Crippen LogP contribution in [0.2, 0.25) is 0 Å². The Kier molecular flexibility index (Phi) is 5.54. The van der Waals surface area contributed by atoms with Crippen LogP contribution < -0.4 is 5.32 Å². The molecular formula is C17H31NO3. The number of aliphatic hydroxyl groups is 1. The summed E-state index contributed by atoms with van der Waals surface area (Å²) in [5.74, 6) is 2.75. The van der Waals surface area contributed by atoms with Crippen molar-refractivity contribution in [2.75, 3.05) is 26.4 Å². The lowest BCUT2D eigenvalue weighted by molar-refractivity contribution is -0.0173. The molecule has 2 bridgehead atoms. The molecule has 2 saturated carbocycles. The molecule has 0 radical (unpaired) electrons. The number of aliphatic hydroxyl groups excluding tert-OH is 1. The first kappa shape index (κ1) is 15.7. The lowest BCUT2D eigenvalue weighted by atomic mass is 9.84. The van der Waals surface area contributed by atoms with Crippen molar-refractivity contribution in [3.05, 3.63) is 0 Å². The van der Waals surface area contributed by atoms with Gasteiger partial charge in [0.05, 0.1) is 25.4 Å². The van der Waals surface area contributed by atoms with Gasteiger partial charge >= 0.3 is 0 Å². The minimum Gasteiger partial charge on any atom is -0.389 e. The first-order chi connectivity index (χ1) is 10.2. The van der Waals surface area contributed by atoms with E-state index in [2.05, 4.69) is 12.2 Å². The summed E-state index contributed by atoms with van der Waals surface area (Å²) in [5.41, 5.74) is 0. The van der Waals surface area contributed by atoms with Crippen LogP contribution in [0.25, 0.3) is 0 Å². The molecule has 0 aromatic carbocycles. The predicted molar refractivity (Wildman–Crippen MR) is 82.2 cm³/mol. The molecule has 21 heavy (non-hydrogen) atoms. The normalized spacial score (nSPS) is 38.0. The molecule has 4 nitrogen and oxygen atoms in total. The third-order valence-electron chi connectivity index (χ3n) is 5.75. The zero-order valence-corrected chi connectivity index (χ0v) is 13.3. The molecule has 1 heterocycles. The molecule has 1 aliphatic heterocycles. The number of nitrogens with one attached hydrogen (secondary N) is 1. The van der Waals surface area contributed by atoms with Crippen molar-refractivity contribution < 1.29 is 14.6 Å². The number of ether oxygens (including phenoxy) is 2. The number of hydrogen-bond donors (Lipinski definition) is 2. The maximum absolute atomic E-state index is 10.0. The van der Waals surface area contributed by atoms with Gasteiger partial charge in [-0.15, -0.1) is 0 Å². The van der Waals surface area contributed by atoms with Crippen molar-refractivity contribution in [3.63, 3.8) is 0 Å². The molecule has 3 rings (SSSR count). The fourth-order valence-corrected chi connectivity index (χ4v) is 4.55. The molecule has 0 aromatic rings. The third-order valence-corrected chi connectivity index (χ3v) is 5.75. The van der Waals surface area contributed by atoms with Gasteiger partial charge in [-0.1, -0.05) is 6.42 Å². The lowest BCUT2D eigenvalue weighted by Crippen LogP contribution is -2.41. The maximum Gasteiger partial charge on any atom is 0.0897 e. The minimum atomic E-state index is -0.410. The van der Waals surface area contributed by atoms with Crippen molar-refractivity contribution in [1.82, 2.24) is 5.32 Å². The summed E-state index contributed by atoms with van der Waals surface area (Å²) in [6, 6.07) is 0.521. The van der Waals surface area contributed by atoms with Crippen LogP contribution in [0.1, 0.15) is 45.4 Å². The van der Waals surface area contributed by atoms with Crippen molar-refractivity contribution >= 4 is 0 Å². The average molecular weight is 297 g/mol. The van der Waals surface area contributed by atoms with Gasteiger partial charge in [-0.3, -0.25) is 0 Å². The van der Waals surface area contributed by atoms with Gasteiger partial charge in [-0.2, -0.15) is 0 Å². The molecule has 0 amide bonds. The predicted octanol–water partition coefficient (Wildman–Crippen LogP) is 1.96. The van der Waals surface area contributed by atoms with Crippen LogP contribution in [-0.4, -0.2) is 49.7 Å². The number of fused-ring (bicyclic) bond motifs is 2. The second-order valence-electron chi connectivity index (χ2n) is 7.36. The highest BCUT2D eigenvalue weighted by atomic mass is 16.5. The zero-order valence-electron chi connectivity index (χ0n) is 13.3. The van der Waals surface area contributed by atoms with E-state index in [1.807, 2.05) is 0 Å².